The third-order valence-corrected chi connectivity index (χ3v) is 16.5. The Kier molecular flexibility index (Phi) is 19.9. The summed E-state index contributed by atoms with van der Waals surface area (Å²) in [4.78, 5) is 72.8. The fraction of sp³-hybridized carbons (Fsp3) is 0.653. The molecule has 5 heterocycles. The molecule has 2 aromatic rings. The Morgan fingerprint density at radius 2 is 1.84 bits per heavy atom. The van der Waals surface area contributed by atoms with Crippen LogP contribution in [0.25, 0.3) is 0 Å². The molecule has 0 radical (unpaired) electrons. The lowest BCUT2D eigenvalue weighted by atomic mass is 9.84. The first kappa shape index (κ1) is 55.4. The van der Waals surface area contributed by atoms with E-state index in [2.05, 4.69) is 28.1 Å². The monoisotopic (exact) mass is 1050 g/mol. The van der Waals surface area contributed by atoms with E-state index in [1.807, 2.05) is 53.8 Å². The molecule has 1 N–H and O–H groups in total. The quantitative estimate of drug-likeness (QED) is 0.108. The number of allylic oxidation sites excluding steroid dienone is 3. The number of epoxide rings is 1. The van der Waals surface area contributed by atoms with Gasteiger partial charge in [0.05, 0.1) is 54.6 Å². The largest absolute Gasteiger partial charge is 0.495 e. The number of nitrogens with one attached hydrogen (secondary N) is 1. The molecule has 4 bridgehead atoms. The van der Waals surface area contributed by atoms with Gasteiger partial charge >= 0.3 is 12.1 Å². The second-order valence-electron chi connectivity index (χ2n) is 18.8. The molecule has 70 heavy (non-hydrogen) atoms. The molecular weight excluding hydrogens is 978 g/mol. The molecule has 3 fully saturated rings. The number of fused-ring (bicyclic) bond motifs is 5. The highest BCUT2D eigenvalue weighted by molar-refractivity contribution is 8.00. The van der Waals surface area contributed by atoms with Gasteiger partial charge in [0, 0.05) is 76.9 Å². The van der Waals surface area contributed by atoms with Gasteiger partial charge in [-0.25, -0.2) is 14.3 Å². The molecule has 0 saturated carbocycles. The molecule has 4 aliphatic rings. The van der Waals surface area contributed by atoms with Crippen molar-refractivity contribution < 1.29 is 47.7 Å². The molecule has 0 spiro atoms. The van der Waals surface area contributed by atoms with Crippen molar-refractivity contribution in [3.63, 3.8) is 0 Å². The highest BCUT2D eigenvalue weighted by atomic mass is 35.5. The maximum absolute atomic E-state index is 14.3. The van der Waals surface area contributed by atoms with E-state index in [1.165, 1.54) is 41.4 Å². The van der Waals surface area contributed by atoms with E-state index in [0.29, 0.717) is 49.0 Å². The lowest BCUT2D eigenvalue weighted by molar-refractivity contribution is -0.161. The fourth-order valence-corrected chi connectivity index (χ4v) is 11.6. The lowest BCUT2D eigenvalue weighted by Gasteiger charge is -2.36. The SMILES string of the molecule is COc1cc2cc(c1Cl)N(C)C(=O)C[C@H](OC(=O)[C@H](C)N(C)C(=O)CCSCC(=O)N1CCC(Cn3nnc(CSC)c3CSC)CC1)[C@]1(C)O[C@H]1[C@H](C)[C@@H]1C[C@@H](NC(=O)O1)[C@H](OC)/C=C/C=C(\C)C2. The number of anilines is 1. The number of rotatable bonds is 16. The second-order valence-corrected chi connectivity index (χ2v) is 22.1. The topological polar surface area (TPSA) is 187 Å². The number of aromatic nitrogens is 3. The second kappa shape index (κ2) is 25.1. The number of likely N-dealkylation sites (N-methyl/N-ethyl adjacent to an activating group) is 1. The van der Waals surface area contributed by atoms with Crippen LogP contribution in [0.5, 0.6) is 5.75 Å². The van der Waals surface area contributed by atoms with Gasteiger partial charge in [-0.1, -0.05) is 47.5 Å². The zero-order valence-corrected chi connectivity index (χ0v) is 45.3. The van der Waals surface area contributed by atoms with Crippen LogP contribution in [-0.4, -0.2) is 162 Å². The molecule has 0 unspecified atom stereocenters. The average molecular weight is 1050 g/mol. The molecular formula is C49H70ClN7O10S3. The number of alkyl carbamates (subject to hydrolysis) is 1. The number of piperidine rings is 1. The number of thioether (sulfide) groups is 3. The van der Waals surface area contributed by atoms with E-state index in [-0.39, 0.29) is 41.3 Å². The van der Waals surface area contributed by atoms with Crippen LogP contribution in [0, 0.1) is 11.8 Å². The summed E-state index contributed by atoms with van der Waals surface area (Å²) in [5.41, 5.74) is 3.31. The summed E-state index contributed by atoms with van der Waals surface area (Å²) in [7, 11) is 6.23. The maximum Gasteiger partial charge on any atom is 0.407 e. The Hall–Kier alpha value is -3.95. The van der Waals surface area contributed by atoms with E-state index < -0.39 is 60.1 Å². The van der Waals surface area contributed by atoms with Crippen LogP contribution in [0.2, 0.25) is 5.02 Å². The molecule has 1 aromatic heterocycles. The van der Waals surface area contributed by atoms with Gasteiger partial charge in [-0.3, -0.25) is 14.4 Å². The van der Waals surface area contributed by atoms with Gasteiger partial charge < -0.3 is 43.7 Å². The number of benzene rings is 1. The third kappa shape index (κ3) is 13.6. The van der Waals surface area contributed by atoms with E-state index >= 15 is 0 Å². The molecule has 386 valence electrons. The van der Waals surface area contributed by atoms with Crippen molar-refractivity contribution >= 4 is 82.4 Å². The zero-order chi connectivity index (χ0) is 50.9. The van der Waals surface area contributed by atoms with Crippen molar-refractivity contribution in [2.24, 2.45) is 11.8 Å². The van der Waals surface area contributed by atoms with Crippen LogP contribution < -0.4 is 15.0 Å². The predicted octanol–water partition coefficient (Wildman–Crippen LogP) is 6.57. The van der Waals surface area contributed by atoms with E-state index in [4.69, 9.17) is 35.3 Å². The number of ether oxygens (including phenoxy) is 5. The number of carbonyl (C=O) groups excluding carboxylic acids is 5. The number of nitrogens with zero attached hydrogens (tertiary/aromatic N) is 6. The first-order valence-electron chi connectivity index (χ1n) is 23.8. The molecule has 21 heteroatoms. The summed E-state index contributed by atoms with van der Waals surface area (Å²) in [6, 6.07) is 2.23. The Bertz CT molecular complexity index is 2260. The van der Waals surface area contributed by atoms with Crippen LogP contribution in [-0.2, 0) is 62.6 Å². The lowest BCUT2D eigenvalue weighted by Crippen LogP contribution is -2.53. The van der Waals surface area contributed by atoms with Crippen LogP contribution in [0.15, 0.2) is 35.9 Å². The van der Waals surface area contributed by atoms with Crippen molar-refractivity contribution in [3.05, 3.63) is 57.9 Å². The van der Waals surface area contributed by atoms with E-state index in [1.54, 1.807) is 51.5 Å². The molecule has 8 atom stereocenters. The van der Waals surface area contributed by atoms with Gasteiger partial charge in [0.2, 0.25) is 17.7 Å². The number of hydrogen-bond acceptors (Lipinski definition) is 15. The molecule has 4 aliphatic heterocycles. The van der Waals surface area contributed by atoms with Gasteiger partial charge in [0.25, 0.3) is 0 Å². The Morgan fingerprint density at radius 1 is 1.11 bits per heavy atom. The molecule has 17 nitrogen and oxygen atoms in total. The molecule has 3 saturated heterocycles. The molecule has 6 rings (SSSR count). The summed E-state index contributed by atoms with van der Waals surface area (Å²) >= 11 is 11.7. The fourth-order valence-electron chi connectivity index (χ4n) is 9.42. The highest BCUT2D eigenvalue weighted by Crippen LogP contribution is 2.49. The highest BCUT2D eigenvalue weighted by Gasteiger charge is 2.64. The molecule has 0 aliphatic carbocycles. The number of halogens is 1. The zero-order valence-electron chi connectivity index (χ0n) is 42.1. The Morgan fingerprint density at radius 3 is 2.53 bits per heavy atom. The normalized spacial score (nSPS) is 27.0. The number of likely N-dealkylation sites (tertiary alicyclic amines) is 1. The van der Waals surface area contributed by atoms with Crippen LogP contribution in [0.3, 0.4) is 0 Å². The number of amides is 4. The summed E-state index contributed by atoms with van der Waals surface area (Å²) in [5.74, 6) is 1.38. The van der Waals surface area contributed by atoms with Crippen molar-refractivity contribution in [1.29, 1.82) is 0 Å². The minimum absolute atomic E-state index is 0.0439. The van der Waals surface area contributed by atoms with Crippen molar-refractivity contribution in [1.82, 2.24) is 30.1 Å². The van der Waals surface area contributed by atoms with Crippen LogP contribution in [0.1, 0.15) is 76.8 Å². The minimum Gasteiger partial charge on any atom is -0.495 e. The smallest absolute Gasteiger partial charge is 0.407 e. The van der Waals surface area contributed by atoms with Crippen molar-refractivity contribution in [2.45, 2.75) is 126 Å². The first-order chi connectivity index (χ1) is 33.4. The summed E-state index contributed by atoms with van der Waals surface area (Å²) in [5, 5.41) is 12.0. The summed E-state index contributed by atoms with van der Waals surface area (Å²) < 4.78 is 31.9. The standard InChI is InChI=1S/C49H70ClN7O10S3/c1-29-12-11-13-38(63-7)34-23-39(65-48(62)51-34)30(2)46-49(4,67-46)41(24-43(59)55(6)36-21-33(20-29)22-40(64-8)45(36)50)66-47(61)31(3)54(5)42(58)16-19-70-28-44(60)56-17-14-32(15-18-56)25-57-37(27-69-10)35(26-68-9)52-53-57/h11-13,21-22,30-32,34,38-39,41,46H,14-20,23-28H2,1-10H3,(H,51,62)/b13-11+,29-12+/t30-,31+,34-,38-,39+,41+,46+,49+/m1/s1. The van der Waals surface area contributed by atoms with Gasteiger partial charge in [-0.2, -0.15) is 35.3 Å². The summed E-state index contributed by atoms with van der Waals surface area (Å²) in [6.07, 6.45) is 9.07. The van der Waals surface area contributed by atoms with Crippen LogP contribution in [0.4, 0.5) is 10.5 Å². The van der Waals surface area contributed by atoms with E-state index in [9.17, 15) is 24.0 Å². The first-order valence-corrected chi connectivity index (χ1v) is 28.1. The van der Waals surface area contributed by atoms with Gasteiger partial charge in [-0.15, -0.1) is 5.10 Å². The number of esters is 1. The maximum atomic E-state index is 14.3. The van der Waals surface area contributed by atoms with Gasteiger partial charge in [0.1, 0.15) is 34.6 Å². The molecule has 1 aromatic carbocycles. The van der Waals surface area contributed by atoms with Crippen molar-refractivity contribution in [2.75, 3.05) is 70.3 Å². The number of methoxy groups -OCH3 is 2. The van der Waals surface area contributed by atoms with Gasteiger partial charge in [-0.05, 0) is 76.2 Å². The van der Waals surface area contributed by atoms with Gasteiger partial charge in [0.15, 0.2) is 0 Å². The van der Waals surface area contributed by atoms with Crippen LogP contribution >= 0.6 is 46.9 Å². The average Bonchev–Trinajstić information content (AvgIpc) is 3.92. The van der Waals surface area contributed by atoms with Crippen molar-refractivity contribution in [3.8, 4) is 5.75 Å². The minimum atomic E-state index is -1.17. The van der Waals surface area contributed by atoms with E-state index in [0.717, 1.165) is 47.7 Å². The summed E-state index contributed by atoms with van der Waals surface area (Å²) in [6.45, 7) is 9.38. The number of hydrogen-bond donors (Lipinski definition) is 1. The number of carbonyl (C=O) groups is 5. The Balaban J connectivity index is 1.08. The predicted molar refractivity (Wildman–Crippen MR) is 275 cm³/mol. The third-order valence-electron chi connectivity index (χ3n) is 14.0. The molecule has 4 amide bonds. The Labute approximate surface area is 430 Å².